The number of ether oxygens (including phenoxy) is 1. The molecule has 0 aromatic carbocycles. The van der Waals surface area contributed by atoms with Crippen LogP contribution in [0.5, 0.6) is 0 Å². The largest absolute Gasteiger partial charge is 0.389 e. The summed E-state index contributed by atoms with van der Waals surface area (Å²) in [6.07, 6.45) is 7.78. The van der Waals surface area contributed by atoms with E-state index in [4.69, 9.17) is 10.5 Å². The van der Waals surface area contributed by atoms with Crippen LogP contribution < -0.4 is 5.73 Å². The maximum absolute atomic E-state index is 10.7. The number of rotatable bonds is 4. The molecule has 2 fully saturated rings. The highest BCUT2D eigenvalue weighted by Crippen LogP contribution is 2.53. The molecule has 0 unspecified atom stereocenters. The second-order valence-corrected chi connectivity index (χ2v) is 5.56. The molecule has 3 nitrogen and oxygen atoms in total. The Kier molecular flexibility index (Phi) is 3.57. The molecule has 0 aromatic heterocycles. The highest BCUT2D eigenvalue weighted by atomic mass is 16.5. The summed E-state index contributed by atoms with van der Waals surface area (Å²) in [5.41, 5.74) is 5.40. The third kappa shape index (κ3) is 1.89. The lowest BCUT2D eigenvalue weighted by Crippen LogP contribution is -2.62. The first-order valence-corrected chi connectivity index (χ1v) is 6.70. The van der Waals surface area contributed by atoms with Gasteiger partial charge in [0.2, 0.25) is 0 Å². The van der Waals surface area contributed by atoms with Gasteiger partial charge in [-0.15, -0.1) is 0 Å². The fraction of sp³-hybridized carbons (Fsp3) is 1.00. The van der Waals surface area contributed by atoms with Crippen molar-refractivity contribution < 1.29 is 9.84 Å². The molecular weight excluding hydrogens is 202 g/mol. The molecule has 0 aromatic rings. The summed E-state index contributed by atoms with van der Waals surface area (Å²) >= 11 is 0. The highest BCUT2D eigenvalue weighted by molar-refractivity contribution is 5.09. The first kappa shape index (κ1) is 12.3. The molecule has 2 rings (SSSR count). The Morgan fingerprint density at radius 2 is 1.88 bits per heavy atom. The zero-order valence-electron chi connectivity index (χ0n) is 10.4. The van der Waals surface area contributed by atoms with Crippen LogP contribution in [-0.2, 0) is 4.74 Å². The summed E-state index contributed by atoms with van der Waals surface area (Å²) in [6, 6.07) is 0. The molecule has 94 valence electrons. The van der Waals surface area contributed by atoms with Crippen molar-refractivity contribution >= 4 is 0 Å². The van der Waals surface area contributed by atoms with Crippen LogP contribution in [0.25, 0.3) is 0 Å². The zero-order valence-corrected chi connectivity index (χ0v) is 10.4. The van der Waals surface area contributed by atoms with Gasteiger partial charge in [-0.2, -0.15) is 0 Å². The van der Waals surface area contributed by atoms with Crippen molar-refractivity contribution in [1.29, 1.82) is 0 Å². The zero-order chi connectivity index (χ0) is 11.6. The van der Waals surface area contributed by atoms with Gasteiger partial charge in [-0.1, -0.05) is 19.3 Å². The second-order valence-electron chi connectivity index (χ2n) is 5.56. The molecule has 0 amide bonds. The average molecular weight is 227 g/mol. The lowest BCUT2D eigenvalue weighted by Gasteiger charge is -2.56. The quantitative estimate of drug-likeness (QED) is 0.770. The number of hydrogen-bond donors (Lipinski definition) is 2. The Labute approximate surface area is 98.4 Å². The Morgan fingerprint density at radius 1 is 1.25 bits per heavy atom. The number of nitrogens with two attached hydrogens (primary N) is 1. The van der Waals surface area contributed by atoms with E-state index in [1.165, 1.54) is 19.3 Å². The summed E-state index contributed by atoms with van der Waals surface area (Å²) in [7, 11) is 0. The smallest absolute Gasteiger partial charge is 0.0765 e. The highest BCUT2D eigenvalue weighted by Gasteiger charge is 2.57. The Morgan fingerprint density at radius 3 is 2.38 bits per heavy atom. The van der Waals surface area contributed by atoms with E-state index in [2.05, 4.69) is 0 Å². The van der Waals surface area contributed by atoms with Gasteiger partial charge in [0, 0.05) is 31.4 Å². The van der Waals surface area contributed by atoms with Crippen molar-refractivity contribution in [2.75, 3.05) is 13.2 Å². The van der Waals surface area contributed by atoms with Crippen LogP contribution in [0.2, 0.25) is 0 Å². The summed E-state index contributed by atoms with van der Waals surface area (Å²) in [6.45, 7) is 3.38. The van der Waals surface area contributed by atoms with Gasteiger partial charge in [-0.3, -0.25) is 0 Å². The SMILES string of the molecule is CCOC1CC(O)(C2(CN)CCCCC2)C1. The van der Waals surface area contributed by atoms with Gasteiger partial charge in [0.15, 0.2) is 0 Å². The predicted molar refractivity (Wildman–Crippen MR) is 64.2 cm³/mol. The van der Waals surface area contributed by atoms with Crippen LogP contribution >= 0.6 is 0 Å². The molecule has 16 heavy (non-hydrogen) atoms. The van der Waals surface area contributed by atoms with Crippen LogP contribution in [0, 0.1) is 5.41 Å². The van der Waals surface area contributed by atoms with Gasteiger partial charge >= 0.3 is 0 Å². The normalized spacial score (nSPS) is 38.1. The van der Waals surface area contributed by atoms with Gasteiger partial charge in [0.05, 0.1) is 11.7 Å². The molecule has 0 spiro atoms. The van der Waals surface area contributed by atoms with Gasteiger partial charge in [0.1, 0.15) is 0 Å². The molecule has 0 aliphatic heterocycles. The Balaban J connectivity index is 1.99. The molecule has 3 N–H and O–H groups in total. The van der Waals surface area contributed by atoms with Crippen LogP contribution in [0.4, 0.5) is 0 Å². The van der Waals surface area contributed by atoms with Gasteiger partial charge < -0.3 is 15.6 Å². The van der Waals surface area contributed by atoms with E-state index in [1.807, 2.05) is 6.92 Å². The topological polar surface area (TPSA) is 55.5 Å². The summed E-state index contributed by atoms with van der Waals surface area (Å²) in [5, 5.41) is 10.7. The summed E-state index contributed by atoms with van der Waals surface area (Å²) in [5.74, 6) is 0. The third-order valence-electron chi connectivity index (χ3n) is 4.72. The fourth-order valence-corrected chi connectivity index (χ4v) is 3.57. The maximum Gasteiger partial charge on any atom is 0.0765 e. The summed E-state index contributed by atoms with van der Waals surface area (Å²) in [4.78, 5) is 0. The molecule has 2 aliphatic carbocycles. The minimum Gasteiger partial charge on any atom is -0.389 e. The standard InChI is InChI=1S/C13H25NO2/c1-2-16-11-8-13(15,9-11)12(10-14)6-4-3-5-7-12/h11,15H,2-10,14H2,1H3. The lowest BCUT2D eigenvalue weighted by atomic mass is 9.55. The molecule has 2 aliphatic rings. The molecule has 0 heterocycles. The molecule has 3 heteroatoms. The van der Waals surface area contributed by atoms with E-state index in [9.17, 15) is 5.11 Å². The van der Waals surface area contributed by atoms with Crippen molar-refractivity contribution in [3.63, 3.8) is 0 Å². The van der Waals surface area contributed by atoms with Crippen molar-refractivity contribution in [2.24, 2.45) is 11.1 Å². The van der Waals surface area contributed by atoms with Crippen molar-refractivity contribution in [2.45, 2.75) is 63.6 Å². The van der Waals surface area contributed by atoms with Crippen molar-refractivity contribution in [3.05, 3.63) is 0 Å². The first-order chi connectivity index (χ1) is 7.66. The van der Waals surface area contributed by atoms with Crippen molar-refractivity contribution in [3.8, 4) is 0 Å². The fourth-order valence-electron chi connectivity index (χ4n) is 3.57. The summed E-state index contributed by atoms with van der Waals surface area (Å²) < 4.78 is 5.55. The minimum atomic E-state index is -0.540. The Bertz CT molecular complexity index is 230. The van der Waals surface area contributed by atoms with E-state index >= 15 is 0 Å². The molecule has 2 saturated carbocycles. The van der Waals surface area contributed by atoms with E-state index in [-0.39, 0.29) is 11.5 Å². The first-order valence-electron chi connectivity index (χ1n) is 6.70. The molecule has 0 atom stereocenters. The third-order valence-corrected chi connectivity index (χ3v) is 4.72. The van der Waals surface area contributed by atoms with E-state index in [0.29, 0.717) is 6.54 Å². The van der Waals surface area contributed by atoms with E-state index in [0.717, 1.165) is 32.3 Å². The molecule has 0 radical (unpaired) electrons. The predicted octanol–water partition coefficient (Wildman–Crippen LogP) is 1.83. The second kappa shape index (κ2) is 4.63. The van der Waals surface area contributed by atoms with Crippen LogP contribution in [0.15, 0.2) is 0 Å². The van der Waals surface area contributed by atoms with Gasteiger partial charge in [-0.05, 0) is 19.8 Å². The van der Waals surface area contributed by atoms with Gasteiger partial charge in [0.25, 0.3) is 0 Å². The monoisotopic (exact) mass is 227 g/mol. The lowest BCUT2D eigenvalue weighted by molar-refractivity contribution is -0.208. The van der Waals surface area contributed by atoms with E-state index < -0.39 is 5.60 Å². The average Bonchev–Trinajstić information content (AvgIpc) is 2.28. The van der Waals surface area contributed by atoms with Crippen LogP contribution in [-0.4, -0.2) is 30.0 Å². The van der Waals surface area contributed by atoms with Crippen LogP contribution in [0.3, 0.4) is 0 Å². The minimum absolute atomic E-state index is 0.0150. The van der Waals surface area contributed by atoms with Crippen LogP contribution in [0.1, 0.15) is 51.9 Å². The Hall–Kier alpha value is -0.120. The van der Waals surface area contributed by atoms with Crippen molar-refractivity contribution in [1.82, 2.24) is 0 Å². The molecule has 0 bridgehead atoms. The maximum atomic E-state index is 10.7. The molecular formula is C13H25NO2. The molecule has 0 saturated heterocycles. The van der Waals surface area contributed by atoms with E-state index in [1.54, 1.807) is 0 Å². The van der Waals surface area contributed by atoms with Gasteiger partial charge in [-0.25, -0.2) is 0 Å². The number of hydrogen-bond acceptors (Lipinski definition) is 3. The number of aliphatic hydroxyl groups is 1.